The van der Waals surface area contributed by atoms with Gasteiger partial charge in [0.25, 0.3) is 0 Å². The van der Waals surface area contributed by atoms with Crippen molar-refractivity contribution in [2.45, 2.75) is 0 Å². The zero-order valence-corrected chi connectivity index (χ0v) is 9.25. The Kier molecular flexibility index (Phi) is 5.51. The molecule has 5 nitrogen and oxygen atoms in total. The zero-order valence-electron chi connectivity index (χ0n) is 7.67. The van der Waals surface area contributed by atoms with E-state index in [2.05, 4.69) is 10.6 Å². The predicted molar refractivity (Wildman–Crippen MR) is 65.1 cm³/mol. The van der Waals surface area contributed by atoms with Crippen molar-refractivity contribution < 1.29 is 0 Å². The van der Waals surface area contributed by atoms with Crippen LogP contribution < -0.4 is 16.4 Å². The SMILES string of the molecule is Cl.N=C(N)NC(=N)Nc1ccccc1Cl. The Morgan fingerprint density at radius 1 is 1.27 bits per heavy atom. The molecule has 0 atom stereocenters. The summed E-state index contributed by atoms with van der Waals surface area (Å²) in [5.74, 6) is -0.389. The number of anilines is 1. The van der Waals surface area contributed by atoms with E-state index in [0.29, 0.717) is 10.7 Å². The minimum absolute atomic E-state index is 0. The van der Waals surface area contributed by atoms with Crippen LogP contribution in [0.25, 0.3) is 0 Å². The lowest BCUT2D eigenvalue weighted by molar-refractivity contribution is 1.20. The van der Waals surface area contributed by atoms with Crippen LogP contribution in [0, 0.1) is 10.8 Å². The van der Waals surface area contributed by atoms with E-state index in [0.717, 1.165) is 0 Å². The number of benzene rings is 1. The van der Waals surface area contributed by atoms with Gasteiger partial charge >= 0.3 is 0 Å². The van der Waals surface area contributed by atoms with E-state index in [1.54, 1.807) is 24.3 Å². The summed E-state index contributed by atoms with van der Waals surface area (Å²) in [7, 11) is 0. The molecule has 0 saturated heterocycles. The van der Waals surface area contributed by atoms with Gasteiger partial charge in [-0.1, -0.05) is 23.7 Å². The molecule has 0 aliphatic rings. The molecule has 7 heteroatoms. The highest BCUT2D eigenvalue weighted by molar-refractivity contribution is 6.33. The quantitative estimate of drug-likeness (QED) is 0.385. The fraction of sp³-hybridized carbons (Fsp3) is 0. The molecule has 82 valence electrons. The maximum atomic E-state index is 7.35. The van der Waals surface area contributed by atoms with Crippen LogP contribution >= 0.6 is 24.0 Å². The fourth-order valence-electron chi connectivity index (χ4n) is 0.863. The van der Waals surface area contributed by atoms with Crippen LogP contribution in [0.15, 0.2) is 24.3 Å². The van der Waals surface area contributed by atoms with Gasteiger partial charge in [-0.3, -0.25) is 16.1 Å². The molecule has 0 unspecified atom stereocenters. The van der Waals surface area contributed by atoms with E-state index >= 15 is 0 Å². The number of para-hydroxylation sites is 1. The Balaban J connectivity index is 0.00000196. The van der Waals surface area contributed by atoms with Crippen molar-refractivity contribution >= 4 is 41.6 Å². The van der Waals surface area contributed by atoms with Crippen molar-refractivity contribution in [3.05, 3.63) is 29.3 Å². The molecule has 0 amide bonds. The first-order chi connectivity index (χ1) is 6.59. The van der Waals surface area contributed by atoms with Gasteiger partial charge < -0.3 is 11.1 Å². The van der Waals surface area contributed by atoms with Crippen LogP contribution in [0.2, 0.25) is 5.02 Å². The summed E-state index contributed by atoms with van der Waals surface area (Å²) < 4.78 is 0. The van der Waals surface area contributed by atoms with Crippen molar-refractivity contribution in [3.8, 4) is 0 Å². The number of guanidine groups is 2. The minimum atomic E-state index is -0.297. The molecule has 1 rings (SSSR count). The molecule has 15 heavy (non-hydrogen) atoms. The number of hydrogen-bond acceptors (Lipinski definition) is 2. The first kappa shape index (κ1) is 13.5. The molecule has 0 spiro atoms. The van der Waals surface area contributed by atoms with Gasteiger partial charge in [-0.25, -0.2) is 0 Å². The Morgan fingerprint density at radius 2 is 1.87 bits per heavy atom. The maximum Gasteiger partial charge on any atom is 0.199 e. The molecule has 0 bridgehead atoms. The summed E-state index contributed by atoms with van der Waals surface area (Å²) in [6.45, 7) is 0. The summed E-state index contributed by atoms with van der Waals surface area (Å²) in [4.78, 5) is 0. The molecule has 0 saturated carbocycles. The normalized spacial score (nSPS) is 8.60. The number of nitrogens with one attached hydrogen (secondary N) is 4. The molecule has 0 aliphatic carbocycles. The van der Waals surface area contributed by atoms with E-state index in [1.807, 2.05) is 0 Å². The minimum Gasteiger partial charge on any atom is -0.370 e. The summed E-state index contributed by atoms with van der Waals surface area (Å²) in [5.41, 5.74) is 5.63. The molecular weight excluding hydrogens is 237 g/mol. The number of hydrogen-bond donors (Lipinski definition) is 5. The average molecular weight is 248 g/mol. The van der Waals surface area contributed by atoms with Crippen molar-refractivity contribution in [2.75, 3.05) is 5.32 Å². The molecule has 0 radical (unpaired) electrons. The summed E-state index contributed by atoms with van der Waals surface area (Å²) in [5, 5.41) is 19.7. The Hall–Kier alpha value is -1.46. The first-order valence-electron chi connectivity index (χ1n) is 3.81. The second-order valence-corrected chi connectivity index (χ2v) is 2.93. The predicted octanol–water partition coefficient (Wildman–Crippen LogP) is 1.59. The average Bonchev–Trinajstić information content (AvgIpc) is 2.07. The van der Waals surface area contributed by atoms with Gasteiger partial charge in [0, 0.05) is 0 Å². The molecule has 1 aromatic rings. The third-order valence-corrected chi connectivity index (χ3v) is 1.72. The Labute approximate surface area is 98.4 Å². The van der Waals surface area contributed by atoms with Gasteiger partial charge in [-0.2, -0.15) is 0 Å². The monoisotopic (exact) mass is 247 g/mol. The van der Waals surface area contributed by atoms with Crippen molar-refractivity contribution in [3.63, 3.8) is 0 Å². The van der Waals surface area contributed by atoms with E-state index in [1.165, 1.54) is 0 Å². The summed E-state index contributed by atoms with van der Waals surface area (Å²) >= 11 is 5.83. The van der Waals surface area contributed by atoms with Gasteiger partial charge in [-0.05, 0) is 12.1 Å². The Bertz CT molecular complexity index is 366. The Morgan fingerprint density at radius 3 is 2.40 bits per heavy atom. The second kappa shape index (κ2) is 6.10. The number of rotatable bonds is 1. The highest BCUT2D eigenvalue weighted by Gasteiger charge is 2.01. The van der Waals surface area contributed by atoms with Gasteiger partial charge in [0.2, 0.25) is 0 Å². The summed E-state index contributed by atoms with van der Waals surface area (Å²) in [6, 6.07) is 6.99. The van der Waals surface area contributed by atoms with Gasteiger partial charge in [0.05, 0.1) is 10.7 Å². The zero-order chi connectivity index (χ0) is 10.6. The van der Waals surface area contributed by atoms with Crippen molar-refractivity contribution in [1.29, 1.82) is 10.8 Å². The lowest BCUT2D eigenvalue weighted by atomic mass is 10.3. The summed E-state index contributed by atoms with van der Waals surface area (Å²) in [6.07, 6.45) is 0. The third kappa shape index (κ3) is 4.53. The van der Waals surface area contributed by atoms with E-state index in [-0.39, 0.29) is 24.3 Å². The van der Waals surface area contributed by atoms with Crippen LogP contribution in [-0.2, 0) is 0 Å². The molecule has 0 aromatic heterocycles. The molecule has 1 aromatic carbocycles. The van der Waals surface area contributed by atoms with E-state index in [9.17, 15) is 0 Å². The molecule has 0 heterocycles. The number of nitrogens with two attached hydrogens (primary N) is 1. The second-order valence-electron chi connectivity index (χ2n) is 2.52. The molecule has 0 fully saturated rings. The van der Waals surface area contributed by atoms with Gasteiger partial charge in [0.1, 0.15) is 0 Å². The highest BCUT2D eigenvalue weighted by Crippen LogP contribution is 2.19. The number of halogens is 2. The van der Waals surface area contributed by atoms with Gasteiger partial charge in [-0.15, -0.1) is 12.4 Å². The van der Waals surface area contributed by atoms with E-state index in [4.69, 9.17) is 28.2 Å². The third-order valence-electron chi connectivity index (χ3n) is 1.39. The van der Waals surface area contributed by atoms with Crippen molar-refractivity contribution in [2.24, 2.45) is 5.73 Å². The largest absolute Gasteiger partial charge is 0.370 e. The lowest BCUT2D eigenvalue weighted by Crippen LogP contribution is -2.39. The molecular formula is C8H11Cl2N5. The standard InChI is InChI=1S/C8H10ClN5.ClH/c9-5-3-1-2-4-6(5)13-8(12)14-7(10)11;/h1-4H,(H6,10,11,12,13,14);1H. The van der Waals surface area contributed by atoms with Crippen LogP contribution in [0.3, 0.4) is 0 Å². The van der Waals surface area contributed by atoms with Crippen LogP contribution in [0.5, 0.6) is 0 Å². The smallest absolute Gasteiger partial charge is 0.199 e. The maximum absolute atomic E-state index is 7.35. The van der Waals surface area contributed by atoms with Gasteiger partial charge in [0.15, 0.2) is 11.9 Å². The van der Waals surface area contributed by atoms with E-state index < -0.39 is 0 Å². The topological polar surface area (TPSA) is 97.8 Å². The van der Waals surface area contributed by atoms with Crippen LogP contribution in [0.1, 0.15) is 0 Å². The highest BCUT2D eigenvalue weighted by atomic mass is 35.5. The fourth-order valence-corrected chi connectivity index (χ4v) is 1.05. The first-order valence-corrected chi connectivity index (χ1v) is 4.18. The van der Waals surface area contributed by atoms with Crippen LogP contribution in [0.4, 0.5) is 5.69 Å². The van der Waals surface area contributed by atoms with Crippen molar-refractivity contribution in [1.82, 2.24) is 5.32 Å². The molecule has 6 N–H and O–H groups in total. The molecule has 0 aliphatic heterocycles. The van der Waals surface area contributed by atoms with Crippen LogP contribution in [-0.4, -0.2) is 11.9 Å². The lowest BCUT2D eigenvalue weighted by Gasteiger charge is -2.09.